The lowest BCUT2D eigenvalue weighted by molar-refractivity contribution is 0.779. The smallest absolute Gasteiger partial charge is 0.0708 e. The van der Waals surface area contributed by atoms with Crippen molar-refractivity contribution in [2.24, 2.45) is 5.73 Å². The Kier molecular flexibility index (Phi) is 3.28. The zero-order chi connectivity index (χ0) is 14.1. The molecule has 0 saturated carbocycles. The molecule has 3 aromatic rings. The Labute approximate surface area is 119 Å². The van der Waals surface area contributed by atoms with Gasteiger partial charge in [-0.2, -0.15) is 0 Å². The second-order valence-electron chi connectivity index (χ2n) is 5.35. The van der Waals surface area contributed by atoms with Crippen molar-refractivity contribution in [3.8, 4) is 0 Å². The number of nitrogens with zero attached hydrogens (tertiary/aromatic N) is 2. The predicted octanol–water partition coefficient (Wildman–Crippen LogP) is 3.41. The van der Waals surface area contributed by atoms with Gasteiger partial charge in [0.15, 0.2) is 0 Å². The van der Waals surface area contributed by atoms with Crippen LogP contribution in [-0.4, -0.2) is 9.55 Å². The number of hydrogen-bond acceptors (Lipinski definition) is 2. The molecule has 3 nitrogen and oxygen atoms in total. The maximum absolute atomic E-state index is 5.91. The molecule has 1 atom stereocenters. The topological polar surface area (TPSA) is 43.8 Å². The molecule has 0 fully saturated rings. The van der Waals surface area contributed by atoms with Gasteiger partial charge in [0.05, 0.1) is 5.52 Å². The molecule has 0 aliphatic rings. The van der Waals surface area contributed by atoms with Crippen molar-refractivity contribution >= 4 is 10.9 Å². The van der Waals surface area contributed by atoms with E-state index in [1.54, 1.807) is 0 Å². The summed E-state index contributed by atoms with van der Waals surface area (Å²) in [6.45, 7) is 4.89. The van der Waals surface area contributed by atoms with E-state index in [0.29, 0.717) is 0 Å². The van der Waals surface area contributed by atoms with Crippen LogP contribution in [-0.2, 0) is 6.54 Å². The maximum Gasteiger partial charge on any atom is 0.0708 e. The van der Waals surface area contributed by atoms with E-state index in [1.807, 2.05) is 19.9 Å². The lowest BCUT2D eigenvalue weighted by Gasteiger charge is -2.09. The molecule has 102 valence electrons. The first kappa shape index (κ1) is 12.9. The van der Waals surface area contributed by atoms with Gasteiger partial charge in [0.25, 0.3) is 0 Å². The molecular formula is C17H19N3. The molecule has 2 N–H and O–H groups in total. The summed E-state index contributed by atoms with van der Waals surface area (Å²) in [6.07, 6.45) is 4.21. The maximum atomic E-state index is 5.91. The fourth-order valence-corrected chi connectivity index (χ4v) is 2.55. The molecule has 0 spiro atoms. The van der Waals surface area contributed by atoms with Gasteiger partial charge < -0.3 is 10.3 Å². The Morgan fingerprint density at radius 1 is 1.25 bits per heavy atom. The quantitative estimate of drug-likeness (QED) is 0.788. The second-order valence-corrected chi connectivity index (χ2v) is 5.35. The van der Waals surface area contributed by atoms with Gasteiger partial charge in [-0.15, -0.1) is 0 Å². The van der Waals surface area contributed by atoms with E-state index in [0.717, 1.165) is 17.8 Å². The Hall–Kier alpha value is -2.13. The number of benzene rings is 1. The summed E-state index contributed by atoms with van der Waals surface area (Å²) < 4.78 is 2.18. The SMILES string of the molecule is Cc1cc(Cn2ccc(C(C)N)c2)c2ccccc2n1. The predicted molar refractivity (Wildman–Crippen MR) is 82.6 cm³/mol. The van der Waals surface area contributed by atoms with Gasteiger partial charge in [-0.05, 0) is 43.2 Å². The highest BCUT2D eigenvalue weighted by atomic mass is 14.9. The van der Waals surface area contributed by atoms with Crippen LogP contribution in [0.1, 0.15) is 29.8 Å². The van der Waals surface area contributed by atoms with E-state index in [4.69, 9.17) is 5.73 Å². The minimum absolute atomic E-state index is 0.0761. The summed E-state index contributed by atoms with van der Waals surface area (Å²) in [7, 11) is 0. The Bertz CT molecular complexity index is 741. The molecule has 0 aliphatic carbocycles. The van der Waals surface area contributed by atoms with Gasteiger partial charge in [0.1, 0.15) is 0 Å². The zero-order valence-electron chi connectivity index (χ0n) is 11.9. The summed E-state index contributed by atoms with van der Waals surface area (Å²) in [4.78, 5) is 4.58. The Morgan fingerprint density at radius 3 is 2.80 bits per heavy atom. The number of nitrogens with two attached hydrogens (primary N) is 1. The highest BCUT2D eigenvalue weighted by molar-refractivity contribution is 5.82. The van der Waals surface area contributed by atoms with E-state index >= 15 is 0 Å². The van der Waals surface area contributed by atoms with Crippen LogP contribution in [0.5, 0.6) is 0 Å². The molecule has 0 bridgehead atoms. The number of aryl methyl sites for hydroxylation is 1. The van der Waals surface area contributed by atoms with Crippen LogP contribution in [0.2, 0.25) is 0 Å². The Morgan fingerprint density at radius 2 is 2.05 bits per heavy atom. The number of pyridine rings is 1. The van der Waals surface area contributed by atoms with E-state index in [9.17, 15) is 0 Å². The average Bonchev–Trinajstić information content (AvgIpc) is 2.87. The number of hydrogen-bond donors (Lipinski definition) is 1. The van der Waals surface area contributed by atoms with Crippen LogP contribution in [0.15, 0.2) is 48.8 Å². The highest BCUT2D eigenvalue weighted by Gasteiger charge is 2.06. The summed E-state index contributed by atoms with van der Waals surface area (Å²) in [6, 6.07) is 12.6. The van der Waals surface area contributed by atoms with Crippen LogP contribution in [0.25, 0.3) is 10.9 Å². The van der Waals surface area contributed by atoms with E-state index < -0.39 is 0 Å². The third-order valence-electron chi connectivity index (χ3n) is 3.58. The molecule has 3 heteroatoms. The first-order chi connectivity index (χ1) is 9.63. The summed E-state index contributed by atoms with van der Waals surface area (Å²) >= 11 is 0. The van der Waals surface area contributed by atoms with Gasteiger partial charge in [0.2, 0.25) is 0 Å². The van der Waals surface area contributed by atoms with Crippen LogP contribution in [0, 0.1) is 6.92 Å². The summed E-state index contributed by atoms with van der Waals surface area (Å²) in [5, 5.41) is 1.22. The van der Waals surface area contributed by atoms with Gasteiger partial charge >= 0.3 is 0 Å². The largest absolute Gasteiger partial charge is 0.350 e. The first-order valence-electron chi connectivity index (χ1n) is 6.90. The zero-order valence-corrected chi connectivity index (χ0v) is 11.9. The minimum Gasteiger partial charge on any atom is -0.350 e. The van der Waals surface area contributed by atoms with Crippen LogP contribution in [0.3, 0.4) is 0 Å². The number of fused-ring (bicyclic) bond motifs is 1. The molecule has 1 aromatic carbocycles. The molecule has 2 aromatic heterocycles. The van der Waals surface area contributed by atoms with Gasteiger partial charge in [-0.1, -0.05) is 18.2 Å². The van der Waals surface area contributed by atoms with Crippen molar-refractivity contribution in [1.29, 1.82) is 0 Å². The van der Waals surface area contributed by atoms with Crippen LogP contribution >= 0.6 is 0 Å². The normalized spacial score (nSPS) is 12.8. The summed E-state index contributed by atoms with van der Waals surface area (Å²) in [5.74, 6) is 0. The van der Waals surface area contributed by atoms with E-state index in [1.165, 1.54) is 16.5 Å². The van der Waals surface area contributed by atoms with Gasteiger partial charge in [0, 0.05) is 36.1 Å². The molecule has 0 saturated heterocycles. The molecule has 1 unspecified atom stereocenters. The van der Waals surface area contributed by atoms with Gasteiger partial charge in [-0.25, -0.2) is 0 Å². The Balaban J connectivity index is 2.01. The van der Waals surface area contributed by atoms with Crippen molar-refractivity contribution in [3.63, 3.8) is 0 Å². The van der Waals surface area contributed by atoms with Crippen molar-refractivity contribution in [2.75, 3.05) is 0 Å². The number of aromatic nitrogens is 2. The standard InChI is InChI=1S/C17H19N3/c1-12-9-15(16-5-3-4-6-17(16)19-12)11-20-8-7-14(10-20)13(2)18/h3-10,13H,11,18H2,1-2H3. The molecule has 0 aliphatic heterocycles. The molecular weight excluding hydrogens is 246 g/mol. The van der Waals surface area contributed by atoms with E-state index in [-0.39, 0.29) is 6.04 Å². The van der Waals surface area contributed by atoms with Crippen molar-refractivity contribution in [3.05, 3.63) is 65.6 Å². The van der Waals surface area contributed by atoms with Crippen LogP contribution < -0.4 is 5.73 Å². The summed E-state index contributed by atoms with van der Waals surface area (Å²) in [5.41, 5.74) is 10.5. The van der Waals surface area contributed by atoms with Crippen molar-refractivity contribution in [1.82, 2.24) is 9.55 Å². The molecule has 0 amide bonds. The molecule has 0 radical (unpaired) electrons. The lowest BCUT2D eigenvalue weighted by Crippen LogP contribution is -2.04. The number of rotatable bonds is 3. The monoisotopic (exact) mass is 265 g/mol. The third-order valence-corrected chi connectivity index (χ3v) is 3.58. The molecule has 20 heavy (non-hydrogen) atoms. The highest BCUT2D eigenvalue weighted by Crippen LogP contribution is 2.20. The van der Waals surface area contributed by atoms with Gasteiger partial charge in [-0.3, -0.25) is 4.98 Å². The second kappa shape index (κ2) is 5.10. The third kappa shape index (κ3) is 2.45. The molecule has 2 heterocycles. The fraction of sp³-hybridized carbons (Fsp3) is 0.235. The van der Waals surface area contributed by atoms with Crippen molar-refractivity contribution in [2.45, 2.75) is 26.4 Å². The first-order valence-corrected chi connectivity index (χ1v) is 6.90. The molecule has 3 rings (SSSR count). The van der Waals surface area contributed by atoms with Crippen molar-refractivity contribution < 1.29 is 0 Å². The van der Waals surface area contributed by atoms with E-state index in [2.05, 4.69) is 52.3 Å². The lowest BCUT2D eigenvalue weighted by atomic mass is 10.1. The average molecular weight is 265 g/mol. The number of para-hydroxylation sites is 1. The fourth-order valence-electron chi connectivity index (χ4n) is 2.55. The van der Waals surface area contributed by atoms with Crippen LogP contribution in [0.4, 0.5) is 0 Å². The minimum atomic E-state index is 0.0761.